The van der Waals surface area contributed by atoms with Crippen LogP contribution in [-0.4, -0.2) is 25.4 Å². The Bertz CT molecular complexity index is 183. The number of aliphatic hydroxyl groups excluding tert-OH is 1. The average Bonchev–Trinajstić information content (AvgIpc) is 2.38. The minimum absolute atomic E-state index is 0.223. The van der Waals surface area contributed by atoms with Gasteiger partial charge in [-0.3, -0.25) is 0 Å². The fourth-order valence-electron chi connectivity index (χ4n) is 3.15. The van der Waals surface area contributed by atoms with Crippen LogP contribution >= 0.6 is 0 Å². The molecule has 0 bridgehead atoms. The molecule has 1 rings (SSSR count). The molecule has 17 heavy (non-hydrogen) atoms. The molecule has 0 aromatic carbocycles. The first-order valence-corrected chi connectivity index (χ1v) is 7.36. The van der Waals surface area contributed by atoms with E-state index >= 15 is 0 Å². The zero-order chi connectivity index (χ0) is 12.6. The molecule has 0 unspecified atom stereocenters. The molecule has 102 valence electrons. The van der Waals surface area contributed by atoms with E-state index in [0.717, 1.165) is 25.4 Å². The second-order valence-corrected chi connectivity index (χ2v) is 5.84. The minimum Gasteiger partial charge on any atom is -0.396 e. The van der Waals surface area contributed by atoms with Gasteiger partial charge in [0.05, 0.1) is 0 Å². The molecule has 0 amide bonds. The zero-order valence-corrected chi connectivity index (χ0v) is 11.7. The summed E-state index contributed by atoms with van der Waals surface area (Å²) < 4.78 is 5.11. The first kappa shape index (κ1) is 15.0. The highest BCUT2D eigenvalue weighted by Gasteiger charge is 2.33. The van der Waals surface area contributed by atoms with Crippen molar-refractivity contribution in [3.8, 4) is 0 Å². The smallest absolute Gasteiger partial charge is 0.0487 e. The largest absolute Gasteiger partial charge is 0.396 e. The van der Waals surface area contributed by atoms with Gasteiger partial charge in [0.1, 0.15) is 0 Å². The highest BCUT2D eigenvalue weighted by Crippen LogP contribution is 2.43. The molecule has 2 nitrogen and oxygen atoms in total. The van der Waals surface area contributed by atoms with Gasteiger partial charge in [0.15, 0.2) is 0 Å². The summed E-state index contributed by atoms with van der Waals surface area (Å²) in [5, 5.41) is 9.66. The van der Waals surface area contributed by atoms with Gasteiger partial charge in [0.25, 0.3) is 0 Å². The predicted molar refractivity (Wildman–Crippen MR) is 72.1 cm³/mol. The molecular formula is C15H30O2. The van der Waals surface area contributed by atoms with E-state index in [1.165, 1.54) is 44.9 Å². The molecule has 0 aromatic heterocycles. The summed E-state index contributed by atoms with van der Waals surface area (Å²) in [6, 6.07) is 0. The summed E-state index contributed by atoms with van der Waals surface area (Å²) in [4.78, 5) is 0. The van der Waals surface area contributed by atoms with E-state index in [4.69, 9.17) is 4.74 Å². The first-order valence-electron chi connectivity index (χ1n) is 7.36. The Kier molecular flexibility index (Phi) is 7.14. The van der Waals surface area contributed by atoms with Gasteiger partial charge < -0.3 is 9.84 Å². The number of methoxy groups -OCH3 is 1. The SMILES string of the molecule is CCCCC1CCC(CO)(CCCOC)CC1. The van der Waals surface area contributed by atoms with Crippen LogP contribution in [0.1, 0.15) is 64.7 Å². The molecule has 0 saturated heterocycles. The Balaban J connectivity index is 2.29. The van der Waals surface area contributed by atoms with Crippen molar-refractivity contribution in [2.75, 3.05) is 20.3 Å². The van der Waals surface area contributed by atoms with Crippen LogP contribution in [0.2, 0.25) is 0 Å². The lowest BCUT2D eigenvalue weighted by atomic mass is 9.68. The quantitative estimate of drug-likeness (QED) is 0.656. The molecule has 0 aliphatic heterocycles. The lowest BCUT2D eigenvalue weighted by Crippen LogP contribution is -2.31. The Morgan fingerprint density at radius 1 is 1.24 bits per heavy atom. The van der Waals surface area contributed by atoms with Gasteiger partial charge in [-0.1, -0.05) is 26.2 Å². The Labute approximate surface area is 107 Å². The number of hydrogen-bond donors (Lipinski definition) is 1. The Morgan fingerprint density at radius 3 is 2.47 bits per heavy atom. The van der Waals surface area contributed by atoms with Crippen molar-refractivity contribution in [2.45, 2.75) is 64.7 Å². The first-order chi connectivity index (χ1) is 8.26. The van der Waals surface area contributed by atoms with Crippen LogP contribution in [0.3, 0.4) is 0 Å². The van der Waals surface area contributed by atoms with E-state index in [-0.39, 0.29) is 5.41 Å². The summed E-state index contributed by atoms with van der Waals surface area (Å²) in [5.41, 5.74) is 0.223. The highest BCUT2D eigenvalue weighted by molar-refractivity contribution is 4.85. The second-order valence-electron chi connectivity index (χ2n) is 5.84. The summed E-state index contributed by atoms with van der Waals surface area (Å²) in [5.74, 6) is 0.928. The number of aliphatic hydroxyl groups is 1. The third kappa shape index (κ3) is 4.97. The fraction of sp³-hybridized carbons (Fsp3) is 1.00. The highest BCUT2D eigenvalue weighted by atomic mass is 16.5. The molecule has 1 aliphatic carbocycles. The fourth-order valence-corrected chi connectivity index (χ4v) is 3.15. The maximum Gasteiger partial charge on any atom is 0.0487 e. The lowest BCUT2D eigenvalue weighted by molar-refractivity contribution is 0.0448. The van der Waals surface area contributed by atoms with Crippen molar-refractivity contribution in [3.63, 3.8) is 0 Å². The average molecular weight is 242 g/mol. The van der Waals surface area contributed by atoms with Gasteiger partial charge in [0.2, 0.25) is 0 Å². The van der Waals surface area contributed by atoms with Crippen LogP contribution in [0.25, 0.3) is 0 Å². The van der Waals surface area contributed by atoms with Gasteiger partial charge >= 0.3 is 0 Å². The van der Waals surface area contributed by atoms with Crippen molar-refractivity contribution < 1.29 is 9.84 Å². The molecule has 1 N–H and O–H groups in total. The standard InChI is InChI=1S/C15H30O2/c1-3-4-6-14-7-10-15(13-16,11-8-14)9-5-12-17-2/h14,16H,3-13H2,1-2H3. The number of ether oxygens (including phenoxy) is 1. The third-order valence-corrected chi connectivity index (χ3v) is 4.52. The van der Waals surface area contributed by atoms with Gasteiger partial charge in [-0.15, -0.1) is 0 Å². The van der Waals surface area contributed by atoms with Crippen LogP contribution < -0.4 is 0 Å². The van der Waals surface area contributed by atoms with E-state index in [0.29, 0.717) is 6.61 Å². The van der Waals surface area contributed by atoms with Gasteiger partial charge in [-0.2, -0.15) is 0 Å². The van der Waals surface area contributed by atoms with E-state index in [9.17, 15) is 5.11 Å². The Morgan fingerprint density at radius 2 is 1.94 bits per heavy atom. The summed E-state index contributed by atoms with van der Waals surface area (Å²) >= 11 is 0. The van der Waals surface area contributed by atoms with Crippen molar-refractivity contribution in [1.82, 2.24) is 0 Å². The topological polar surface area (TPSA) is 29.5 Å². The summed E-state index contributed by atoms with van der Waals surface area (Å²) in [6.07, 6.45) is 11.4. The van der Waals surface area contributed by atoms with Crippen LogP contribution in [0.15, 0.2) is 0 Å². The van der Waals surface area contributed by atoms with Crippen molar-refractivity contribution in [2.24, 2.45) is 11.3 Å². The maximum atomic E-state index is 9.66. The van der Waals surface area contributed by atoms with Gasteiger partial charge in [0, 0.05) is 20.3 Å². The number of hydrogen-bond acceptors (Lipinski definition) is 2. The van der Waals surface area contributed by atoms with Crippen LogP contribution in [0, 0.1) is 11.3 Å². The Hall–Kier alpha value is -0.0800. The summed E-state index contributed by atoms with van der Waals surface area (Å²) in [7, 11) is 1.76. The van der Waals surface area contributed by atoms with Crippen LogP contribution in [0.5, 0.6) is 0 Å². The normalized spacial score (nSPS) is 29.5. The van der Waals surface area contributed by atoms with Gasteiger partial charge in [-0.05, 0) is 49.9 Å². The minimum atomic E-state index is 0.223. The molecule has 0 radical (unpaired) electrons. The third-order valence-electron chi connectivity index (χ3n) is 4.52. The molecule has 1 saturated carbocycles. The molecule has 1 fully saturated rings. The molecule has 1 aliphatic rings. The maximum absolute atomic E-state index is 9.66. The molecular weight excluding hydrogens is 212 g/mol. The van der Waals surface area contributed by atoms with Crippen LogP contribution in [-0.2, 0) is 4.74 Å². The van der Waals surface area contributed by atoms with Crippen molar-refractivity contribution in [1.29, 1.82) is 0 Å². The van der Waals surface area contributed by atoms with Gasteiger partial charge in [-0.25, -0.2) is 0 Å². The molecule has 0 heterocycles. The van der Waals surface area contributed by atoms with Crippen LogP contribution in [0.4, 0.5) is 0 Å². The predicted octanol–water partition coefficient (Wildman–Crippen LogP) is 3.77. The van der Waals surface area contributed by atoms with E-state index in [2.05, 4.69) is 6.92 Å². The number of unbranched alkanes of at least 4 members (excludes halogenated alkanes) is 1. The second kappa shape index (κ2) is 8.10. The molecule has 0 aromatic rings. The molecule has 0 atom stereocenters. The number of rotatable bonds is 8. The molecule has 2 heteroatoms. The lowest BCUT2D eigenvalue weighted by Gasteiger charge is -2.39. The van der Waals surface area contributed by atoms with E-state index in [1.807, 2.05) is 0 Å². The van der Waals surface area contributed by atoms with E-state index < -0.39 is 0 Å². The van der Waals surface area contributed by atoms with E-state index in [1.54, 1.807) is 7.11 Å². The molecule has 0 spiro atoms. The monoisotopic (exact) mass is 242 g/mol. The zero-order valence-electron chi connectivity index (χ0n) is 11.7. The van der Waals surface area contributed by atoms with Crippen molar-refractivity contribution >= 4 is 0 Å². The summed E-state index contributed by atoms with van der Waals surface area (Å²) in [6.45, 7) is 3.48. The van der Waals surface area contributed by atoms with Crippen molar-refractivity contribution in [3.05, 3.63) is 0 Å².